The molecule has 0 saturated heterocycles. The van der Waals surface area contributed by atoms with Crippen LogP contribution in [0.1, 0.15) is 37.1 Å². The summed E-state index contributed by atoms with van der Waals surface area (Å²) >= 11 is 0. The normalized spacial score (nSPS) is 13.1. The summed E-state index contributed by atoms with van der Waals surface area (Å²) < 4.78 is 0. The summed E-state index contributed by atoms with van der Waals surface area (Å²) in [4.78, 5) is 9.70. The summed E-state index contributed by atoms with van der Waals surface area (Å²) in [6.07, 6.45) is 0. The molecule has 0 aliphatic carbocycles. The Morgan fingerprint density at radius 3 is 1.29 bits per heavy atom. The van der Waals surface area contributed by atoms with Gasteiger partial charge in [-0.2, -0.15) is 0 Å². The van der Waals surface area contributed by atoms with Crippen LogP contribution in [0, 0.1) is 0 Å². The van der Waals surface area contributed by atoms with Crippen LogP contribution in [0.4, 0.5) is 11.6 Å². The first-order chi connectivity index (χ1) is 13.7. The molecule has 2 N–H and O–H groups in total. The zero-order valence-electron chi connectivity index (χ0n) is 16.1. The van der Waals surface area contributed by atoms with Crippen LogP contribution in [0.2, 0.25) is 0 Å². The molecular weight excluding hydrogens is 344 g/mol. The molecule has 4 nitrogen and oxygen atoms in total. The Balaban J connectivity index is 1.68. The number of nitrogens with one attached hydrogen (secondary N) is 2. The number of para-hydroxylation sites is 2. The molecule has 0 fully saturated rings. The minimum Gasteiger partial charge on any atom is -0.360 e. The van der Waals surface area contributed by atoms with E-state index in [4.69, 9.17) is 9.97 Å². The first-order valence-electron chi connectivity index (χ1n) is 9.60. The fourth-order valence-corrected chi connectivity index (χ4v) is 3.26. The Morgan fingerprint density at radius 1 is 0.536 bits per heavy atom. The van der Waals surface area contributed by atoms with Crippen LogP contribution < -0.4 is 10.6 Å². The van der Waals surface area contributed by atoms with Crippen LogP contribution in [-0.4, -0.2) is 9.97 Å². The summed E-state index contributed by atoms with van der Waals surface area (Å²) in [5.74, 6) is 1.52. The van der Waals surface area contributed by atoms with E-state index in [0.29, 0.717) is 0 Å². The molecule has 28 heavy (non-hydrogen) atoms. The molecular formula is C24H24N4. The molecule has 4 rings (SSSR count). The number of anilines is 2. The van der Waals surface area contributed by atoms with Crippen LogP contribution in [-0.2, 0) is 0 Å². The van der Waals surface area contributed by atoms with Crippen molar-refractivity contribution in [3.8, 4) is 0 Å². The minimum atomic E-state index is 0.115. The highest BCUT2D eigenvalue weighted by molar-refractivity contribution is 5.80. The van der Waals surface area contributed by atoms with Crippen molar-refractivity contribution in [2.75, 3.05) is 10.6 Å². The Kier molecular flexibility index (Phi) is 5.20. The Hall–Kier alpha value is -3.40. The molecule has 0 amide bonds. The summed E-state index contributed by atoms with van der Waals surface area (Å²) in [6, 6.07) is 28.9. The van der Waals surface area contributed by atoms with Gasteiger partial charge in [-0.1, -0.05) is 72.8 Å². The molecule has 1 aromatic heterocycles. The molecule has 0 aliphatic heterocycles. The highest BCUT2D eigenvalue weighted by atomic mass is 15.1. The fraction of sp³-hybridized carbons (Fsp3) is 0.167. The number of benzene rings is 3. The number of nitrogens with zero attached hydrogens (tertiary/aromatic N) is 2. The lowest BCUT2D eigenvalue weighted by Gasteiger charge is -2.21. The van der Waals surface area contributed by atoms with E-state index in [1.807, 2.05) is 36.4 Å². The van der Waals surface area contributed by atoms with Crippen LogP contribution in [0.25, 0.3) is 11.0 Å². The second-order valence-electron chi connectivity index (χ2n) is 6.96. The van der Waals surface area contributed by atoms with Crippen molar-refractivity contribution < 1.29 is 0 Å². The van der Waals surface area contributed by atoms with E-state index < -0.39 is 0 Å². The predicted molar refractivity (Wildman–Crippen MR) is 116 cm³/mol. The van der Waals surface area contributed by atoms with Crippen molar-refractivity contribution in [2.24, 2.45) is 0 Å². The molecule has 0 aliphatic rings. The zero-order valence-corrected chi connectivity index (χ0v) is 16.1. The van der Waals surface area contributed by atoms with Crippen molar-refractivity contribution in [1.29, 1.82) is 0 Å². The molecule has 0 radical (unpaired) electrons. The zero-order chi connectivity index (χ0) is 19.3. The molecule has 4 aromatic rings. The maximum atomic E-state index is 4.85. The second kappa shape index (κ2) is 8.09. The van der Waals surface area contributed by atoms with Gasteiger partial charge in [-0.25, -0.2) is 9.97 Å². The highest BCUT2D eigenvalue weighted by Crippen LogP contribution is 2.28. The Morgan fingerprint density at radius 2 is 0.893 bits per heavy atom. The molecule has 0 spiro atoms. The van der Waals surface area contributed by atoms with Gasteiger partial charge in [0.1, 0.15) is 0 Å². The van der Waals surface area contributed by atoms with E-state index in [0.717, 1.165) is 22.7 Å². The van der Waals surface area contributed by atoms with Gasteiger partial charge in [0.15, 0.2) is 11.6 Å². The number of hydrogen-bond acceptors (Lipinski definition) is 4. The first kappa shape index (κ1) is 18.0. The molecule has 3 aromatic carbocycles. The van der Waals surface area contributed by atoms with Crippen LogP contribution in [0.15, 0.2) is 84.9 Å². The molecule has 140 valence electrons. The third-order valence-corrected chi connectivity index (χ3v) is 4.88. The van der Waals surface area contributed by atoms with Crippen molar-refractivity contribution in [3.63, 3.8) is 0 Å². The molecule has 0 saturated carbocycles. The van der Waals surface area contributed by atoms with Gasteiger partial charge in [-0.05, 0) is 37.1 Å². The van der Waals surface area contributed by atoms with Crippen molar-refractivity contribution in [1.82, 2.24) is 9.97 Å². The quantitative estimate of drug-likeness (QED) is 0.440. The van der Waals surface area contributed by atoms with E-state index in [1.165, 1.54) is 11.1 Å². The van der Waals surface area contributed by atoms with Crippen LogP contribution >= 0.6 is 0 Å². The van der Waals surface area contributed by atoms with Gasteiger partial charge in [0.05, 0.1) is 23.1 Å². The van der Waals surface area contributed by atoms with E-state index in [2.05, 4.69) is 73.0 Å². The standard InChI is InChI=1S/C24H24N4/c1-17(19-11-5-3-6-12-19)25-23-24(26-18(2)20-13-7-4-8-14-20)28-22-16-10-9-15-21(22)27-23/h3-18H,1-2H3,(H,25,27)(H,26,28)/t17-,18-/m1/s1. The lowest BCUT2D eigenvalue weighted by Crippen LogP contribution is -2.14. The number of hydrogen-bond donors (Lipinski definition) is 2. The molecule has 1 heterocycles. The van der Waals surface area contributed by atoms with E-state index >= 15 is 0 Å². The second-order valence-corrected chi connectivity index (χ2v) is 6.96. The average molecular weight is 368 g/mol. The monoisotopic (exact) mass is 368 g/mol. The molecule has 0 bridgehead atoms. The first-order valence-corrected chi connectivity index (χ1v) is 9.60. The number of rotatable bonds is 6. The summed E-state index contributed by atoms with van der Waals surface area (Å²) in [5.41, 5.74) is 4.17. The lowest BCUT2D eigenvalue weighted by molar-refractivity contribution is 0.854. The third-order valence-electron chi connectivity index (χ3n) is 4.88. The number of fused-ring (bicyclic) bond motifs is 1. The maximum absolute atomic E-state index is 4.85. The molecule has 0 unspecified atom stereocenters. The Bertz CT molecular complexity index is 962. The Labute approximate surface area is 165 Å². The summed E-state index contributed by atoms with van der Waals surface area (Å²) in [7, 11) is 0. The number of aromatic nitrogens is 2. The highest BCUT2D eigenvalue weighted by Gasteiger charge is 2.15. The molecule has 2 atom stereocenters. The predicted octanol–water partition coefficient (Wildman–Crippen LogP) is 5.98. The van der Waals surface area contributed by atoms with Gasteiger partial charge in [-0.3, -0.25) is 0 Å². The lowest BCUT2D eigenvalue weighted by atomic mass is 10.1. The average Bonchev–Trinajstić information content (AvgIpc) is 2.75. The van der Waals surface area contributed by atoms with Crippen molar-refractivity contribution >= 4 is 22.7 Å². The third kappa shape index (κ3) is 3.96. The smallest absolute Gasteiger partial charge is 0.170 e. The summed E-state index contributed by atoms with van der Waals surface area (Å²) in [6.45, 7) is 4.27. The van der Waals surface area contributed by atoms with E-state index in [9.17, 15) is 0 Å². The van der Waals surface area contributed by atoms with Crippen LogP contribution in [0.5, 0.6) is 0 Å². The van der Waals surface area contributed by atoms with Gasteiger partial charge in [-0.15, -0.1) is 0 Å². The van der Waals surface area contributed by atoms with Crippen LogP contribution in [0.3, 0.4) is 0 Å². The van der Waals surface area contributed by atoms with Crippen molar-refractivity contribution in [2.45, 2.75) is 25.9 Å². The topological polar surface area (TPSA) is 49.8 Å². The van der Waals surface area contributed by atoms with Gasteiger partial charge in [0, 0.05) is 0 Å². The largest absolute Gasteiger partial charge is 0.360 e. The molecule has 4 heteroatoms. The SMILES string of the molecule is C[C@@H](Nc1nc2ccccc2nc1N[C@H](C)c1ccccc1)c1ccccc1. The fourth-order valence-electron chi connectivity index (χ4n) is 3.26. The summed E-state index contributed by atoms with van der Waals surface area (Å²) in [5, 5.41) is 7.08. The van der Waals surface area contributed by atoms with E-state index in [1.54, 1.807) is 0 Å². The van der Waals surface area contributed by atoms with E-state index in [-0.39, 0.29) is 12.1 Å². The van der Waals surface area contributed by atoms with Gasteiger partial charge in [0.2, 0.25) is 0 Å². The minimum absolute atomic E-state index is 0.115. The van der Waals surface area contributed by atoms with Gasteiger partial charge in [0.25, 0.3) is 0 Å². The van der Waals surface area contributed by atoms with Crippen molar-refractivity contribution in [3.05, 3.63) is 96.1 Å². The maximum Gasteiger partial charge on any atom is 0.170 e. The van der Waals surface area contributed by atoms with Gasteiger partial charge >= 0.3 is 0 Å². The van der Waals surface area contributed by atoms with Gasteiger partial charge < -0.3 is 10.6 Å².